The lowest BCUT2D eigenvalue weighted by atomic mass is 9.94. The highest BCUT2D eigenvalue weighted by Crippen LogP contribution is 2.19. The van der Waals surface area contributed by atoms with Gasteiger partial charge in [-0.2, -0.15) is 5.10 Å². The molecule has 0 radical (unpaired) electrons. The van der Waals surface area contributed by atoms with Crippen LogP contribution in [-0.2, 0) is 4.79 Å². The average molecular weight is 274 g/mol. The van der Waals surface area contributed by atoms with Crippen molar-refractivity contribution in [1.29, 1.82) is 0 Å². The van der Waals surface area contributed by atoms with Gasteiger partial charge < -0.3 is 11.1 Å². The van der Waals surface area contributed by atoms with Gasteiger partial charge in [-0.25, -0.2) is 0 Å². The minimum Gasteiger partial charge on any atom is -0.330 e. The number of hydrogen-bond acceptors (Lipinski definition) is 3. The van der Waals surface area contributed by atoms with Gasteiger partial charge in [-0.05, 0) is 43.0 Å². The highest BCUT2D eigenvalue weighted by Gasteiger charge is 2.14. The van der Waals surface area contributed by atoms with Crippen LogP contribution in [0.5, 0.6) is 0 Å². The molecule has 108 valence electrons. The van der Waals surface area contributed by atoms with E-state index in [0.717, 1.165) is 23.0 Å². The molecule has 1 aromatic carbocycles. The maximum Gasteiger partial charge on any atom is 0.224 e. The van der Waals surface area contributed by atoms with Crippen LogP contribution in [-0.4, -0.2) is 22.6 Å². The monoisotopic (exact) mass is 274 g/mol. The fourth-order valence-electron chi connectivity index (χ4n) is 2.42. The smallest absolute Gasteiger partial charge is 0.224 e. The molecule has 1 atom stereocenters. The Kier molecular flexibility index (Phi) is 4.74. The van der Waals surface area contributed by atoms with Crippen LogP contribution in [0.4, 0.5) is 5.69 Å². The Morgan fingerprint density at radius 3 is 2.95 bits per heavy atom. The number of nitrogens with zero attached hydrogens (tertiary/aromatic N) is 1. The third kappa shape index (κ3) is 3.81. The van der Waals surface area contributed by atoms with Crippen LogP contribution in [0.1, 0.15) is 26.7 Å². The number of aromatic amines is 1. The highest BCUT2D eigenvalue weighted by atomic mass is 16.1. The zero-order valence-electron chi connectivity index (χ0n) is 12.0. The molecule has 1 heterocycles. The van der Waals surface area contributed by atoms with Crippen molar-refractivity contribution < 1.29 is 4.79 Å². The highest BCUT2D eigenvalue weighted by molar-refractivity contribution is 5.93. The van der Waals surface area contributed by atoms with Crippen LogP contribution < -0.4 is 11.1 Å². The Hall–Kier alpha value is -1.88. The van der Waals surface area contributed by atoms with E-state index in [2.05, 4.69) is 29.4 Å². The molecule has 4 N–H and O–H groups in total. The number of carbonyl (C=O) groups is 1. The second-order valence-electron chi connectivity index (χ2n) is 5.66. The molecule has 0 spiro atoms. The van der Waals surface area contributed by atoms with Crippen molar-refractivity contribution in [2.75, 3.05) is 11.9 Å². The standard InChI is InChI=1S/C15H22N4O/c1-10(2)5-11(8-16)6-15(20)18-13-3-4-14-12(7-13)9-17-19-14/h3-4,7,9-11H,5-6,8,16H2,1-2H3,(H,17,19)(H,18,20)/t11-/m0/s1. The van der Waals surface area contributed by atoms with Crippen LogP contribution in [0.25, 0.3) is 10.9 Å². The van der Waals surface area contributed by atoms with Crippen molar-refractivity contribution in [3.8, 4) is 0 Å². The lowest BCUT2D eigenvalue weighted by molar-refractivity contribution is -0.117. The zero-order valence-corrected chi connectivity index (χ0v) is 12.0. The molecule has 0 fully saturated rings. The van der Waals surface area contributed by atoms with Gasteiger partial charge in [-0.15, -0.1) is 0 Å². The van der Waals surface area contributed by atoms with Crippen LogP contribution in [0.15, 0.2) is 24.4 Å². The second kappa shape index (κ2) is 6.52. The van der Waals surface area contributed by atoms with Crippen LogP contribution >= 0.6 is 0 Å². The van der Waals surface area contributed by atoms with E-state index < -0.39 is 0 Å². The van der Waals surface area contributed by atoms with Gasteiger partial charge in [-0.1, -0.05) is 13.8 Å². The van der Waals surface area contributed by atoms with Gasteiger partial charge in [0.15, 0.2) is 0 Å². The maximum absolute atomic E-state index is 12.0. The molecule has 0 saturated carbocycles. The second-order valence-corrected chi connectivity index (χ2v) is 5.66. The summed E-state index contributed by atoms with van der Waals surface area (Å²) >= 11 is 0. The van der Waals surface area contributed by atoms with Gasteiger partial charge in [0.05, 0.1) is 11.7 Å². The van der Waals surface area contributed by atoms with E-state index >= 15 is 0 Å². The number of amides is 1. The molecule has 0 aliphatic heterocycles. The number of fused-ring (bicyclic) bond motifs is 1. The van der Waals surface area contributed by atoms with Gasteiger partial charge >= 0.3 is 0 Å². The number of anilines is 1. The Morgan fingerprint density at radius 2 is 2.25 bits per heavy atom. The van der Waals surface area contributed by atoms with Crippen molar-refractivity contribution in [1.82, 2.24) is 10.2 Å². The number of nitrogens with one attached hydrogen (secondary N) is 2. The number of hydrogen-bond donors (Lipinski definition) is 3. The lowest BCUT2D eigenvalue weighted by Crippen LogP contribution is -2.23. The molecular formula is C15H22N4O. The molecule has 20 heavy (non-hydrogen) atoms. The molecular weight excluding hydrogens is 252 g/mol. The predicted molar refractivity (Wildman–Crippen MR) is 81.3 cm³/mol. The third-order valence-electron chi connectivity index (χ3n) is 3.34. The van der Waals surface area contributed by atoms with Gasteiger partial charge in [-0.3, -0.25) is 9.89 Å². The first kappa shape index (κ1) is 14.5. The van der Waals surface area contributed by atoms with E-state index in [1.807, 2.05) is 18.2 Å². The Bertz CT molecular complexity index is 576. The molecule has 0 aliphatic rings. The number of carbonyl (C=O) groups excluding carboxylic acids is 1. The largest absolute Gasteiger partial charge is 0.330 e. The summed E-state index contributed by atoms with van der Waals surface area (Å²) in [5.41, 5.74) is 7.49. The minimum atomic E-state index is 0.0175. The van der Waals surface area contributed by atoms with E-state index in [0.29, 0.717) is 18.9 Å². The summed E-state index contributed by atoms with van der Waals surface area (Å²) in [5, 5.41) is 10.8. The van der Waals surface area contributed by atoms with Crippen LogP contribution in [0.3, 0.4) is 0 Å². The summed E-state index contributed by atoms with van der Waals surface area (Å²) in [7, 11) is 0. The third-order valence-corrected chi connectivity index (χ3v) is 3.34. The van der Waals surface area contributed by atoms with Crippen molar-refractivity contribution in [3.05, 3.63) is 24.4 Å². The lowest BCUT2D eigenvalue weighted by Gasteiger charge is -2.16. The molecule has 5 heteroatoms. The first-order valence-electron chi connectivity index (χ1n) is 7.01. The number of rotatable bonds is 6. The first-order valence-corrected chi connectivity index (χ1v) is 7.01. The molecule has 1 aromatic heterocycles. The Balaban J connectivity index is 1.96. The number of nitrogens with two attached hydrogens (primary N) is 1. The fourth-order valence-corrected chi connectivity index (χ4v) is 2.42. The number of benzene rings is 1. The van der Waals surface area contributed by atoms with E-state index in [1.165, 1.54) is 0 Å². The normalized spacial score (nSPS) is 12.8. The molecule has 0 aliphatic carbocycles. The molecule has 0 unspecified atom stereocenters. The van der Waals surface area contributed by atoms with E-state index in [1.54, 1.807) is 6.20 Å². The molecule has 2 rings (SSSR count). The Morgan fingerprint density at radius 1 is 1.45 bits per heavy atom. The summed E-state index contributed by atoms with van der Waals surface area (Å²) in [4.78, 5) is 12.0. The van der Waals surface area contributed by atoms with Gasteiger partial charge in [0.25, 0.3) is 0 Å². The summed E-state index contributed by atoms with van der Waals surface area (Å²) in [6.45, 7) is 4.84. The Labute approximate surface area is 118 Å². The van der Waals surface area contributed by atoms with Crippen LogP contribution in [0.2, 0.25) is 0 Å². The summed E-state index contributed by atoms with van der Waals surface area (Å²) in [6, 6.07) is 5.70. The quantitative estimate of drug-likeness (QED) is 0.756. The predicted octanol–water partition coefficient (Wildman–Crippen LogP) is 2.51. The molecule has 0 bridgehead atoms. The maximum atomic E-state index is 12.0. The topological polar surface area (TPSA) is 83.8 Å². The minimum absolute atomic E-state index is 0.0175. The van der Waals surface area contributed by atoms with E-state index in [-0.39, 0.29) is 11.8 Å². The van der Waals surface area contributed by atoms with Gasteiger partial charge in [0.2, 0.25) is 5.91 Å². The van der Waals surface area contributed by atoms with E-state index in [4.69, 9.17) is 5.73 Å². The van der Waals surface area contributed by atoms with Crippen molar-refractivity contribution in [2.24, 2.45) is 17.6 Å². The zero-order chi connectivity index (χ0) is 14.5. The number of aromatic nitrogens is 2. The number of H-pyrrole nitrogens is 1. The van der Waals surface area contributed by atoms with Gasteiger partial charge in [0.1, 0.15) is 0 Å². The van der Waals surface area contributed by atoms with Crippen molar-refractivity contribution in [2.45, 2.75) is 26.7 Å². The summed E-state index contributed by atoms with van der Waals surface area (Å²) in [6.07, 6.45) is 3.19. The molecule has 1 amide bonds. The van der Waals surface area contributed by atoms with Crippen molar-refractivity contribution >= 4 is 22.5 Å². The molecule has 2 aromatic rings. The average Bonchev–Trinajstić information content (AvgIpc) is 2.84. The molecule has 0 saturated heterocycles. The SMILES string of the molecule is CC(C)C[C@H](CN)CC(=O)Nc1ccc2[nH]ncc2c1. The van der Waals surface area contributed by atoms with Crippen LogP contribution in [0, 0.1) is 11.8 Å². The van der Waals surface area contributed by atoms with Crippen molar-refractivity contribution in [3.63, 3.8) is 0 Å². The summed E-state index contributed by atoms with van der Waals surface area (Å²) in [5.74, 6) is 0.815. The fraction of sp³-hybridized carbons (Fsp3) is 0.467. The molecule has 5 nitrogen and oxygen atoms in total. The van der Waals surface area contributed by atoms with E-state index in [9.17, 15) is 4.79 Å². The van der Waals surface area contributed by atoms with Gasteiger partial charge in [0, 0.05) is 17.5 Å². The summed E-state index contributed by atoms with van der Waals surface area (Å²) < 4.78 is 0. The first-order chi connectivity index (χ1) is 9.58.